The van der Waals surface area contributed by atoms with E-state index in [4.69, 9.17) is 4.74 Å². The highest BCUT2D eigenvalue weighted by Crippen LogP contribution is 2.48. The van der Waals surface area contributed by atoms with Crippen molar-refractivity contribution in [3.8, 4) is 0 Å². The molecule has 1 aromatic carbocycles. The zero-order valence-corrected chi connectivity index (χ0v) is 11.0. The van der Waals surface area contributed by atoms with Gasteiger partial charge in [0.15, 0.2) is 9.84 Å². The number of benzene rings is 1. The van der Waals surface area contributed by atoms with Gasteiger partial charge in [0, 0.05) is 0 Å². The van der Waals surface area contributed by atoms with Gasteiger partial charge in [-0.25, -0.2) is 8.42 Å². The second kappa shape index (κ2) is 4.05. The van der Waals surface area contributed by atoms with Crippen molar-refractivity contribution in [1.29, 1.82) is 0 Å². The fourth-order valence-corrected chi connectivity index (χ4v) is 3.75. The molecule has 102 valence electrons. The highest BCUT2D eigenvalue weighted by Gasteiger charge is 2.51. The fraction of sp³-hybridized carbons (Fsp3) is 0.462. The summed E-state index contributed by atoms with van der Waals surface area (Å²) in [6.45, 7) is 0.478. The van der Waals surface area contributed by atoms with Crippen LogP contribution in [0.4, 0.5) is 0 Å². The van der Waals surface area contributed by atoms with Crippen LogP contribution in [0.25, 0.3) is 0 Å². The van der Waals surface area contributed by atoms with Crippen LogP contribution < -0.4 is 0 Å². The second-order valence-electron chi connectivity index (χ2n) is 5.12. The maximum absolute atomic E-state index is 12.1. The summed E-state index contributed by atoms with van der Waals surface area (Å²) in [5, 5.41) is 8.72. The average Bonchev–Trinajstić information content (AvgIpc) is 3.07. The first kappa shape index (κ1) is 12.6. The summed E-state index contributed by atoms with van der Waals surface area (Å²) < 4.78 is 29.2. The fourth-order valence-electron chi connectivity index (χ4n) is 2.30. The molecule has 0 spiro atoms. The van der Waals surface area contributed by atoms with Gasteiger partial charge in [-0.1, -0.05) is 12.1 Å². The van der Waals surface area contributed by atoms with Gasteiger partial charge in [-0.05, 0) is 30.5 Å². The molecule has 0 aromatic heterocycles. The number of carbonyl (C=O) groups is 1. The second-order valence-corrected chi connectivity index (χ2v) is 7.34. The van der Waals surface area contributed by atoms with Gasteiger partial charge >= 0.3 is 5.97 Å². The third-order valence-electron chi connectivity index (χ3n) is 3.94. The molecule has 1 aromatic rings. The lowest BCUT2D eigenvalue weighted by Crippen LogP contribution is -2.40. The molecule has 19 heavy (non-hydrogen) atoms. The highest BCUT2D eigenvalue weighted by atomic mass is 32.2. The van der Waals surface area contributed by atoms with Crippen molar-refractivity contribution in [1.82, 2.24) is 0 Å². The zero-order chi connectivity index (χ0) is 13.7. The third kappa shape index (κ3) is 1.86. The summed E-state index contributed by atoms with van der Waals surface area (Å²) in [4.78, 5) is 11.4. The van der Waals surface area contributed by atoms with E-state index in [1.165, 1.54) is 12.1 Å². The Morgan fingerprint density at radius 2 is 1.79 bits per heavy atom. The minimum absolute atomic E-state index is 0.239. The van der Waals surface area contributed by atoms with Gasteiger partial charge in [0.2, 0.25) is 0 Å². The Balaban J connectivity index is 1.89. The van der Waals surface area contributed by atoms with Gasteiger partial charge in [0.05, 0.1) is 23.5 Å². The summed E-state index contributed by atoms with van der Waals surface area (Å²) in [5.74, 6) is -0.837. The SMILES string of the molecule is O=C(O)C1(c2ccc(S(=O)(=O)C3COC3)cc2)CC1. The largest absolute Gasteiger partial charge is 0.481 e. The molecule has 0 radical (unpaired) electrons. The van der Waals surface area contributed by atoms with Crippen molar-refractivity contribution in [3.05, 3.63) is 29.8 Å². The Hall–Kier alpha value is -1.40. The van der Waals surface area contributed by atoms with Crippen molar-refractivity contribution in [2.24, 2.45) is 0 Å². The monoisotopic (exact) mass is 282 g/mol. The number of carboxylic acids is 1. The summed E-state index contributed by atoms with van der Waals surface area (Å²) in [6.07, 6.45) is 1.23. The molecule has 6 heteroatoms. The molecule has 1 N–H and O–H groups in total. The molecule has 0 bridgehead atoms. The van der Waals surface area contributed by atoms with Gasteiger partial charge in [0.1, 0.15) is 5.25 Å². The predicted octanol–water partition coefficient (Wildman–Crippen LogP) is 0.975. The van der Waals surface area contributed by atoms with Crippen LogP contribution in [0.5, 0.6) is 0 Å². The lowest BCUT2D eigenvalue weighted by Gasteiger charge is -2.25. The molecular formula is C13H14O5S. The third-order valence-corrected chi connectivity index (χ3v) is 6.02. The van der Waals surface area contributed by atoms with E-state index < -0.39 is 26.5 Å². The van der Waals surface area contributed by atoms with E-state index in [2.05, 4.69) is 0 Å². The van der Waals surface area contributed by atoms with Gasteiger partial charge in [-0.3, -0.25) is 4.79 Å². The normalized spacial score (nSPS) is 21.7. The standard InChI is InChI=1S/C13H14O5S/c14-12(15)13(5-6-13)9-1-3-10(4-2-9)19(16,17)11-7-18-8-11/h1-4,11H,5-8H2,(H,14,15). The van der Waals surface area contributed by atoms with Gasteiger partial charge in [-0.2, -0.15) is 0 Å². The average molecular weight is 282 g/mol. The highest BCUT2D eigenvalue weighted by molar-refractivity contribution is 7.92. The van der Waals surface area contributed by atoms with Crippen LogP contribution >= 0.6 is 0 Å². The molecule has 2 fully saturated rings. The number of sulfone groups is 1. The lowest BCUT2D eigenvalue weighted by atomic mass is 9.96. The van der Waals surface area contributed by atoms with Crippen LogP contribution in [-0.2, 0) is 24.8 Å². The number of aliphatic carboxylic acids is 1. The Morgan fingerprint density at radius 3 is 2.16 bits per heavy atom. The van der Waals surface area contributed by atoms with E-state index >= 15 is 0 Å². The molecule has 0 amide bonds. The van der Waals surface area contributed by atoms with Crippen LogP contribution in [0.15, 0.2) is 29.2 Å². The molecule has 1 aliphatic heterocycles. The van der Waals surface area contributed by atoms with E-state index in [9.17, 15) is 18.3 Å². The quantitative estimate of drug-likeness (QED) is 0.890. The first-order valence-corrected chi connectivity index (χ1v) is 7.67. The molecule has 5 nitrogen and oxygen atoms in total. The molecule has 1 aliphatic carbocycles. The van der Waals surface area contributed by atoms with Crippen molar-refractivity contribution in [2.75, 3.05) is 13.2 Å². The van der Waals surface area contributed by atoms with Crippen molar-refractivity contribution in [3.63, 3.8) is 0 Å². The molecule has 1 heterocycles. The van der Waals surface area contributed by atoms with Crippen LogP contribution in [0, 0.1) is 0 Å². The van der Waals surface area contributed by atoms with Crippen molar-refractivity contribution in [2.45, 2.75) is 28.4 Å². The predicted molar refractivity (Wildman–Crippen MR) is 66.8 cm³/mol. The van der Waals surface area contributed by atoms with E-state index in [-0.39, 0.29) is 18.1 Å². The molecule has 1 saturated heterocycles. The lowest BCUT2D eigenvalue weighted by molar-refractivity contribution is -0.140. The van der Waals surface area contributed by atoms with E-state index in [1.807, 2.05) is 0 Å². The number of hydrogen-bond donors (Lipinski definition) is 1. The number of ether oxygens (including phenoxy) is 1. The Morgan fingerprint density at radius 1 is 1.21 bits per heavy atom. The number of hydrogen-bond acceptors (Lipinski definition) is 4. The van der Waals surface area contributed by atoms with Crippen molar-refractivity contribution >= 4 is 15.8 Å². The van der Waals surface area contributed by atoms with Crippen LogP contribution in [0.3, 0.4) is 0 Å². The molecule has 3 rings (SSSR count). The molecule has 0 unspecified atom stereocenters. The summed E-state index contributed by atoms with van der Waals surface area (Å²) in [5.41, 5.74) is -0.106. The number of rotatable bonds is 4. The molecular weight excluding hydrogens is 268 g/mol. The van der Waals surface area contributed by atoms with Crippen LogP contribution in [0.2, 0.25) is 0 Å². The van der Waals surface area contributed by atoms with E-state index in [0.29, 0.717) is 18.4 Å². The minimum atomic E-state index is -3.34. The zero-order valence-electron chi connectivity index (χ0n) is 10.2. The summed E-state index contributed by atoms with van der Waals surface area (Å²) in [7, 11) is -3.34. The maximum atomic E-state index is 12.1. The van der Waals surface area contributed by atoms with Gasteiger partial charge < -0.3 is 9.84 Å². The van der Waals surface area contributed by atoms with Gasteiger partial charge in [-0.15, -0.1) is 0 Å². The first-order chi connectivity index (χ1) is 8.97. The van der Waals surface area contributed by atoms with Crippen molar-refractivity contribution < 1.29 is 23.1 Å². The first-order valence-electron chi connectivity index (χ1n) is 6.12. The summed E-state index contributed by atoms with van der Waals surface area (Å²) in [6, 6.07) is 6.25. The van der Waals surface area contributed by atoms with Gasteiger partial charge in [0.25, 0.3) is 0 Å². The maximum Gasteiger partial charge on any atom is 0.314 e. The summed E-state index contributed by atoms with van der Waals surface area (Å²) >= 11 is 0. The molecule has 2 aliphatic rings. The van der Waals surface area contributed by atoms with E-state index in [1.54, 1.807) is 12.1 Å². The van der Waals surface area contributed by atoms with Crippen LogP contribution in [-0.4, -0.2) is 38.0 Å². The molecule has 0 atom stereocenters. The van der Waals surface area contributed by atoms with Crippen LogP contribution in [0.1, 0.15) is 18.4 Å². The topological polar surface area (TPSA) is 80.7 Å². The van der Waals surface area contributed by atoms with E-state index in [0.717, 1.165) is 0 Å². The Kier molecular flexibility index (Phi) is 2.69. The smallest absolute Gasteiger partial charge is 0.314 e. The minimum Gasteiger partial charge on any atom is -0.481 e. The Labute approximate surface area is 111 Å². The number of carboxylic acid groups (broad SMARTS) is 1. The molecule has 1 saturated carbocycles. The Bertz CT molecular complexity index is 609.